The summed E-state index contributed by atoms with van der Waals surface area (Å²) in [6, 6.07) is 14.2. The Hall–Kier alpha value is -3.68. The minimum Gasteiger partial charge on any atom is -0.465 e. The second kappa shape index (κ2) is 6.98. The third-order valence-corrected chi connectivity index (χ3v) is 5.63. The molecule has 1 spiro atoms. The van der Waals surface area contributed by atoms with E-state index in [2.05, 4.69) is 10.4 Å². The Bertz CT molecular complexity index is 1220. The van der Waals surface area contributed by atoms with Gasteiger partial charge in [0.2, 0.25) is 11.6 Å². The van der Waals surface area contributed by atoms with Crippen LogP contribution in [0, 0.1) is 0 Å². The molecule has 1 saturated heterocycles. The number of piperidine rings is 1. The van der Waals surface area contributed by atoms with Gasteiger partial charge in [0.1, 0.15) is 12.3 Å². The Balaban J connectivity index is 1.37. The van der Waals surface area contributed by atoms with Crippen molar-refractivity contribution in [1.29, 1.82) is 0 Å². The number of carbonyl (C=O) groups is 2. The van der Waals surface area contributed by atoms with Gasteiger partial charge in [-0.2, -0.15) is 5.10 Å². The number of nitrogens with one attached hydrogen (secondary N) is 1. The van der Waals surface area contributed by atoms with E-state index in [1.807, 2.05) is 18.2 Å². The predicted octanol–water partition coefficient (Wildman–Crippen LogP) is 1.54. The lowest BCUT2D eigenvalue weighted by molar-refractivity contribution is -0.139. The summed E-state index contributed by atoms with van der Waals surface area (Å²) in [5.41, 5.74) is -0.774. The summed E-state index contributed by atoms with van der Waals surface area (Å²) in [4.78, 5) is 39.8. The van der Waals surface area contributed by atoms with Crippen molar-refractivity contribution in [1.82, 2.24) is 20.0 Å². The van der Waals surface area contributed by atoms with Crippen molar-refractivity contribution in [3.05, 3.63) is 70.6 Å². The number of hydrogen-bond donors (Lipinski definition) is 1. The van der Waals surface area contributed by atoms with Crippen LogP contribution in [0.3, 0.4) is 0 Å². The molecule has 1 fully saturated rings. The smallest absolute Gasteiger partial charge is 0.275 e. The summed E-state index contributed by atoms with van der Waals surface area (Å²) in [5, 5.41) is 8.34. The first-order chi connectivity index (χ1) is 14.5. The van der Waals surface area contributed by atoms with E-state index in [0.717, 1.165) is 5.39 Å². The topological polar surface area (TPSA) is 93.5 Å². The molecule has 2 amide bonds. The van der Waals surface area contributed by atoms with E-state index < -0.39 is 5.72 Å². The molecule has 152 valence electrons. The molecule has 30 heavy (non-hydrogen) atoms. The third-order valence-electron chi connectivity index (χ3n) is 5.63. The van der Waals surface area contributed by atoms with Crippen molar-refractivity contribution in [2.45, 2.75) is 25.1 Å². The lowest BCUT2D eigenvalue weighted by Crippen LogP contribution is -2.65. The molecular formula is C22H20N4O4. The molecule has 1 atom stereocenters. The number of ether oxygens (including phenoxy) is 1. The number of aromatic nitrogens is 2. The summed E-state index contributed by atoms with van der Waals surface area (Å²) in [5.74, 6) is 0.0668. The summed E-state index contributed by atoms with van der Waals surface area (Å²) in [6.07, 6.45) is 2.86. The van der Waals surface area contributed by atoms with Gasteiger partial charge in [0.05, 0.1) is 23.7 Å². The Morgan fingerprint density at radius 1 is 1.13 bits per heavy atom. The van der Waals surface area contributed by atoms with Crippen LogP contribution in [0.25, 0.3) is 10.8 Å². The summed E-state index contributed by atoms with van der Waals surface area (Å²) < 4.78 is 7.31. The first kappa shape index (κ1) is 18.4. The van der Waals surface area contributed by atoms with Crippen molar-refractivity contribution < 1.29 is 14.3 Å². The fraction of sp³-hybridized carbons (Fsp3) is 0.273. The number of fused-ring (bicyclic) bond motifs is 2. The van der Waals surface area contributed by atoms with Gasteiger partial charge in [-0.05, 0) is 24.6 Å². The van der Waals surface area contributed by atoms with E-state index in [9.17, 15) is 14.4 Å². The highest BCUT2D eigenvalue weighted by atomic mass is 16.5. The van der Waals surface area contributed by atoms with E-state index in [1.54, 1.807) is 41.4 Å². The number of amides is 2. The lowest BCUT2D eigenvalue weighted by Gasteiger charge is -2.45. The van der Waals surface area contributed by atoms with Crippen LogP contribution in [0.1, 0.15) is 23.2 Å². The maximum atomic E-state index is 13.0. The number of carbonyl (C=O) groups excluding carboxylic acids is 2. The van der Waals surface area contributed by atoms with Crippen LogP contribution in [0.4, 0.5) is 0 Å². The van der Waals surface area contributed by atoms with Gasteiger partial charge in [-0.25, -0.2) is 4.68 Å². The average molecular weight is 404 g/mol. The fourth-order valence-corrected chi connectivity index (χ4v) is 4.14. The number of benzene rings is 2. The van der Waals surface area contributed by atoms with Crippen LogP contribution >= 0.6 is 0 Å². The number of likely N-dealkylation sites (tertiary alicyclic amines) is 1. The molecule has 3 aromatic rings. The van der Waals surface area contributed by atoms with Crippen molar-refractivity contribution in [2.75, 3.05) is 13.1 Å². The third kappa shape index (κ3) is 3.10. The quantitative estimate of drug-likeness (QED) is 0.699. The van der Waals surface area contributed by atoms with Crippen LogP contribution in [0.2, 0.25) is 0 Å². The molecule has 2 aliphatic heterocycles. The molecule has 2 aliphatic rings. The molecule has 1 aromatic heterocycles. The van der Waals surface area contributed by atoms with Crippen LogP contribution < -0.4 is 15.6 Å². The lowest BCUT2D eigenvalue weighted by atomic mass is 9.98. The maximum Gasteiger partial charge on any atom is 0.275 e. The highest BCUT2D eigenvalue weighted by molar-refractivity contribution is 5.98. The summed E-state index contributed by atoms with van der Waals surface area (Å²) in [6.45, 7) is 0.586. The van der Waals surface area contributed by atoms with Gasteiger partial charge < -0.3 is 15.0 Å². The predicted molar refractivity (Wildman–Crippen MR) is 109 cm³/mol. The maximum absolute atomic E-state index is 13.0. The Morgan fingerprint density at radius 2 is 1.93 bits per heavy atom. The number of nitrogens with zero attached hydrogens (tertiary/aromatic N) is 3. The number of para-hydroxylation sites is 1. The zero-order valence-electron chi connectivity index (χ0n) is 16.2. The molecule has 0 radical (unpaired) electrons. The van der Waals surface area contributed by atoms with E-state index in [4.69, 9.17) is 4.74 Å². The highest BCUT2D eigenvalue weighted by Gasteiger charge is 2.44. The minimum absolute atomic E-state index is 0.162. The highest BCUT2D eigenvalue weighted by Crippen LogP contribution is 2.32. The van der Waals surface area contributed by atoms with Crippen molar-refractivity contribution >= 4 is 22.6 Å². The fourth-order valence-electron chi connectivity index (χ4n) is 4.14. The van der Waals surface area contributed by atoms with E-state index >= 15 is 0 Å². The minimum atomic E-state index is -0.957. The van der Waals surface area contributed by atoms with Crippen molar-refractivity contribution in [2.24, 2.45) is 0 Å². The molecular weight excluding hydrogens is 384 g/mol. The van der Waals surface area contributed by atoms with Crippen LogP contribution in [0.5, 0.6) is 5.75 Å². The van der Waals surface area contributed by atoms with Gasteiger partial charge in [-0.3, -0.25) is 14.4 Å². The standard InChI is InChI=1S/C22H20N4O4/c27-19(13-26-21(29)16-7-2-1-6-15(16)12-23-26)25-11-5-10-22(14-25)24-20(28)17-8-3-4-9-18(17)30-22/h1-4,6-9,12H,5,10-11,13-14H2,(H,24,28). The number of hydrogen-bond acceptors (Lipinski definition) is 5. The van der Waals surface area contributed by atoms with Crippen LogP contribution in [-0.2, 0) is 11.3 Å². The van der Waals surface area contributed by atoms with E-state index in [0.29, 0.717) is 36.1 Å². The van der Waals surface area contributed by atoms with E-state index in [-0.39, 0.29) is 30.5 Å². The molecule has 8 heteroatoms. The zero-order valence-corrected chi connectivity index (χ0v) is 16.2. The van der Waals surface area contributed by atoms with E-state index in [1.165, 1.54) is 4.68 Å². The molecule has 1 unspecified atom stereocenters. The Morgan fingerprint density at radius 3 is 2.83 bits per heavy atom. The van der Waals surface area contributed by atoms with Gasteiger partial charge in [0.25, 0.3) is 11.5 Å². The van der Waals surface area contributed by atoms with Crippen molar-refractivity contribution in [3.63, 3.8) is 0 Å². The second-order valence-electron chi connectivity index (χ2n) is 7.66. The first-order valence-corrected chi connectivity index (χ1v) is 9.88. The van der Waals surface area contributed by atoms with Gasteiger partial charge in [0.15, 0.2) is 0 Å². The molecule has 1 N–H and O–H groups in total. The normalized spacial score (nSPS) is 20.5. The van der Waals surface area contributed by atoms with Crippen molar-refractivity contribution in [3.8, 4) is 5.75 Å². The van der Waals surface area contributed by atoms with Crippen LogP contribution in [0.15, 0.2) is 59.5 Å². The molecule has 8 nitrogen and oxygen atoms in total. The molecule has 3 heterocycles. The molecule has 0 aliphatic carbocycles. The Kier molecular flexibility index (Phi) is 4.27. The number of rotatable bonds is 2. The Labute approximate surface area is 172 Å². The van der Waals surface area contributed by atoms with Gasteiger partial charge in [-0.15, -0.1) is 0 Å². The van der Waals surface area contributed by atoms with Gasteiger partial charge >= 0.3 is 0 Å². The largest absolute Gasteiger partial charge is 0.465 e. The summed E-state index contributed by atoms with van der Waals surface area (Å²) in [7, 11) is 0. The van der Waals surface area contributed by atoms with Gasteiger partial charge in [-0.1, -0.05) is 30.3 Å². The first-order valence-electron chi connectivity index (χ1n) is 9.88. The molecule has 5 rings (SSSR count). The summed E-state index contributed by atoms with van der Waals surface area (Å²) >= 11 is 0. The second-order valence-corrected chi connectivity index (χ2v) is 7.66. The average Bonchev–Trinajstić information content (AvgIpc) is 2.76. The molecule has 0 saturated carbocycles. The SMILES string of the molecule is O=C1NC2(CCCN(C(=O)Cn3ncc4ccccc4c3=O)C2)Oc2ccccc21. The molecule has 2 aromatic carbocycles. The van der Waals surface area contributed by atoms with Crippen LogP contribution in [-0.4, -0.2) is 45.3 Å². The monoisotopic (exact) mass is 404 g/mol. The molecule has 0 bridgehead atoms. The zero-order chi connectivity index (χ0) is 20.7. The van der Waals surface area contributed by atoms with Gasteiger partial charge in [0, 0.05) is 18.4 Å².